The zero-order chi connectivity index (χ0) is 23.8. The first kappa shape index (κ1) is 23.2. The third kappa shape index (κ3) is 4.74. The molecule has 0 bridgehead atoms. The highest BCUT2D eigenvalue weighted by Crippen LogP contribution is 2.27. The molecule has 0 saturated heterocycles. The topological polar surface area (TPSA) is 70.2 Å². The first-order chi connectivity index (χ1) is 15.7. The van der Waals surface area contributed by atoms with Gasteiger partial charge in [-0.2, -0.15) is 4.31 Å². The number of nitrogens with one attached hydrogen (secondary N) is 1. The summed E-state index contributed by atoms with van der Waals surface area (Å²) in [5.74, 6) is 0. The van der Waals surface area contributed by atoms with Gasteiger partial charge < -0.3 is 4.98 Å². The lowest BCUT2D eigenvalue weighted by atomic mass is 10.0. The fraction of sp³-hybridized carbons (Fsp3) is 0.192. The second-order valence-corrected chi connectivity index (χ2v) is 10.6. The number of nitrogens with zero attached hydrogens (tertiary/aromatic N) is 1. The third-order valence-corrected chi connectivity index (χ3v) is 8.01. The van der Waals surface area contributed by atoms with E-state index in [0.29, 0.717) is 16.1 Å². The Bertz CT molecular complexity index is 1500. The predicted molar refractivity (Wildman–Crippen MR) is 133 cm³/mol. The van der Waals surface area contributed by atoms with Gasteiger partial charge in [0.15, 0.2) is 0 Å². The Labute approximate surface area is 198 Å². The summed E-state index contributed by atoms with van der Waals surface area (Å²) in [5.41, 5.74) is 4.25. The molecule has 1 heterocycles. The van der Waals surface area contributed by atoms with E-state index in [1.54, 1.807) is 25.1 Å². The molecule has 4 aromatic rings. The average molecular weight is 481 g/mol. The molecule has 0 aliphatic carbocycles. The molecule has 0 radical (unpaired) electrons. The minimum absolute atomic E-state index is 0.0676. The highest BCUT2D eigenvalue weighted by atomic mass is 35.5. The first-order valence-corrected chi connectivity index (χ1v) is 12.4. The van der Waals surface area contributed by atoms with E-state index >= 15 is 0 Å². The molecule has 0 amide bonds. The summed E-state index contributed by atoms with van der Waals surface area (Å²) >= 11 is 6.13. The lowest BCUT2D eigenvalue weighted by Crippen LogP contribution is -2.33. The number of aromatic amines is 1. The van der Waals surface area contributed by atoms with Crippen molar-refractivity contribution in [1.82, 2.24) is 9.29 Å². The molecule has 0 aliphatic heterocycles. The van der Waals surface area contributed by atoms with Gasteiger partial charge in [-0.15, -0.1) is 0 Å². The number of pyridine rings is 1. The van der Waals surface area contributed by atoms with E-state index in [0.717, 1.165) is 27.6 Å². The van der Waals surface area contributed by atoms with Crippen LogP contribution in [-0.2, 0) is 23.1 Å². The molecule has 33 heavy (non-hydrogen) atoms. The number of hydrogen-bond donors (Lipinski definition) is 1. The van der Waals surface area contributed by atoms with Gasteiger partial charge in [0.05, 0.1) is 10.4 Å². The number of H-pyrrole nitrogens is 1. The van der Waals surface area contributed by atoms with Gasteiger partial charge in [-0.1, -0.05) is 60.1 Å². The highest BCUT2D eigenvalue weighted by Gasteiger charge is 2.28. The van der Waals surface area contributed by atoms with Crippen LogP contribution in [0.15, 0.2) is 76.4 Å². The predicted octanol–water partition coefficient (Wildman–Crippen LogP) is 5.50. The van der Waals surface area contributed by atoms with Gasteiger partial charge in [0, 0.05) is 29.1 Å². The molecule has 7 heteroatoms. The normalized spacial score (nSPS) is 11.9. The van der Waals surface area contributed by atoms with E-state index < -0.39 is 10.0 Å². The zero-order valence-electron chi connectivity index (χ0n) is 18.7. The van der Waals surface area contributed by atoms with Crippen LogP contribution < -0.4 is 5.56 Å². The van der Waals surface area contributed by atoms with Crippen LogP contribution >= 0.6 is 11.6 Å². The second kappa shape index (κ2) is 9.14. The fourth-order valence-electron chi connectivity index (χ4n) is 3.93. The van der Waals surface area contributed by atoms with Crippen LogP contribution in [0.2, 0.25) is 5.02 Å². The summed E-state index contributed by atoms with van der Waals surface area (Å²) in [4.78, 5) is 16.1. The third-order valence-electron chi connectivity index (χ3n) is 5.84. The van der Waals surface area contributed by atoms with Crippen LogP contribution in [0.1, 0.15) is 27.8 Å². The maximum absolute atomic E-state index is 13.8. The van der Waals surface area contributed by atoms with Crippen molar-refractivity contribution in [2.75, 3.05) is 0 Å². The number of aryl methyl sites for hydroxylation is 3. The zero-order valence-corrected chi connectivity index (χ0v) is 20.3. The van der Waals surface area contributed by atoms with Crippen molar-refractivity contribution < 1.29 is 8.42 Å². The van der Waals surface area contributed by atoms with Gasteiger partial charge in [-0.05, 0) is 61.2 Å². The first-order valence-electron chi connectivity index (χ1n) is 10.6. The van der Waals surface area contributed by atoms with Crippen molar-refractivity contribution >= 4 is 32.5 Å². The highest BCUT2D eigenvalue weighted by molar-refractivity contribution is 7.89. The number of halogens is 1. The van der Waals surface area contributed by atoms with E-state index in [9.17, 15) is 13.2 Å². The van der Waals surface area contributed by atoms with Crippen LogP contribution in [0.5, 0.6) is 0 Å². The van der Waals surface area contributed by atoms with E-state index in [4.69, 9.17) is 11.6 Å². The van der Waals surface area contributed by atoms with Crippen molar-refractivity contribution in [2.45, 2.75) is 38.8 Å². The molecular weight excluding hydrogens is 456 g/mol. The minimum Gasteiger partial charge on any atom is -0.321 e. The Morgan fingerprint density at radius 1 is 0.848 bits per heavy atom. The molecule has 4 rings (SSSR count). The Hall–Kier alpha value is -2.93. The second-order valence-electron chi connectivity index (χ2n) is 8.28. The number of sulfonamides is 1. The fourth-order valence-corrected chi connectivity index (χ4v) is 5.82. The standard InChI is InChI=1S/C26H25ClN2O3S/c1-17-9-10-19(3)25-23(17)13-21(26(30)28-25)16-29(15-20-7-5-4-6-8-20)33(31,32)24-14-22(27)12-11-18(24)2/h4-14H,15-16H2,1-3H3,(H,28,30). The van der Waals surface area contributed by atoms with Crippen LogP contribution in [0.25, 0.3) is 10.9 Å². The van der Waals surface area contributed by atoms with Crippen LogP contribution in [0, 0.1) is 20.8 Å². The molecule has 0 fully saturated rings. The number of aromatic nitrogens is 1. The van der Waals surface area contributed by atoms with E-state index in [1.165, 1.54) is 10.4 Å². The van der Waals surface area contributed by atoms with Crippen molar-refractivity contribution in [3.63, 3.8) is 0 Å². The van der Waals surface area contributed by atoms with E-state index in [-0.39, 0.29) is 23.5 Å². The summed E-state index contributed by atoms with van der Waals surface area (Å²) in [6.07, 6.45) is 0. The lowest BCUT2D eigenvalue weighted by Gasteiger charge is -2.23. The lowest BCUT2D eigenvalue weighted by molar-refractivity contribution is 0.399. The van der Waals surface area contributed by atoms with Crippen molar-refractivity contribution in [2.24, 2.45) is 0 Å². The minimum atomic E-state index is -3.94. The molecule has 170 valence electrons. The molecule has 0 spiro atoms. The Morgan fingerprint density at radius 3 is 2.24 bits per heavy atom. The summed E-state index contributed by atoms with van der Waals surface area (Å²) in [6, 6.07) is 19.9. The SMILES string of the molecule is Cc1ccc(Cl)cc1S(=O)(=O)N(Cc1ccccc1)Cc1cc2c(C)ccc(C)c2[nH]c1=O. The number of benzene rings is 3. The van der Waals surface area contributed by atoms with Crippen LogP contribution in [0.4, 0.5) is 0 Å². The summed E-state index contributed by atoms with van der Waals surface area (Å²) in [7, 11) is -3.94. The number of rotatable bonds is 6. The molecule has 0 aliphatic rings. The Morgan fingerprint density at radius 2 is 1.52 bits per heavy atom. The van der Waals surface area contributed by atoms with Gasteiger partial charge in [-0.25, -0.2) is 8.42 Å². The van der Waals surface area contributed by atoms with Crippen LogP contribution in [-0.4, -0.2) is 17.7 Å². The monoisotopic (exact) mass is 480 g/mol. The molecule has 0 unspecified atom stereocenters. The molecular formula is C26H25ClN2O3S. The quantitative estimate of drug-likeness (QED) is 0.396. The molecule has 5 nitrogen and oxygen atoms in total. The van der Waals surface area contributed by atoms with E-state index in [2.05, 4.69) is 4.98 Å². The Balaban J connectivity index is 1.84. The Kier molecular flexibility index (Phi) is 6.43. The average Bonchev–Trinajstić information content (AvgIpc) is 2.79. The largest absolute Gasteiger partial charge is 0.321 e. The van der Waals surface area contributed by atoms with Crippen molar-refractivity contribution in [3.05, 3.63) is 110 Å². The maximum atomic E-state index is 13.8. The van der Waals surface area contributed by atoms with E-state index in [1.807, 2.05) is 56.3 Å². The summed E-state index contributed by atoms with van der Waals surface area (Å²) in [5, 5.41) is 1.24. The molecule has 1 N–H and O–H groups in total. The van der Waals surface area contributed by atoms with Gasteiger partial charge in [0.25, 0.3) is 5.56 Å². The van der Waals surface area contributed by atoms with Gasteiger partial charge in [0.2, 0.25) is 10.0 Å². The summed E-state index contributed by atoms with van der Waals surface area (Å²) < 4.78 is 28.9. The van der Waals surface area contributed by atoms with Crippen molar-refractivity contribution in [3.8, 4) is 0 Å². The smallest absolute Gasteiger partial charge is 0.252 e. The van der Waals surface area contributed by atoms with Gasteiger partial charge in [0.1, 0.15) is 0 Å². The molecule has 0 atom stereocenters. The van der Waals surface area contributed by atoms with Crippen molar-refractivity contribution in [1.29, 1.82) is 0 Å². The van der Waals surface area contributed by atoms with Crippen LogP contribution in [0.3, 0.4) is 0 Å². The number of hydrogen-bond acceptors (Lipinski definition) is 3. The van der Waals surface area contributed by atoms with Gasteiger partial charge in [-0.3, -0.25) is 4.79 Å². The molecule has 1 aromatic heterocycles. The summed E-state index contributed by atoms with van der Waals surface area (Å²) in [6.45, 7) is 5.70. The van der Waals surface area contributed by atoms with Gasteiger partial charge >= 0.3 is 0 Å². The number of fused-ring (bicyclic) bond motifs is 1. The molecule has 3 aromatic carbocycles. The molecule has 0 saturated carbocycles. The maximum Gasteiger partial charge on any atom is 0.252 e.